The van der Waals surface area contributed by atoms with E-state index in [1.807, 2.05) is 30.3 Å². The fraction of sp³-hybridized carbons (Fsp3) is 0.417. The monoisotopic (exact) mass is 380 g/mol. The zero-order valence-electron chi connectivity index (χ0n) is 16.9. The van der Waals surface area contributed by atoms with Gasteiger partial charge < -0.3 is 5.11 Å². The van der Waals surface area contributed by atoms with Crippen molar-refractivity contribution in [1.82, 2.24) is 5.43 Å². The summed E-state index contributed by atoms with van der Waals surface area (Å²) < 4.78 is 0. The molecule has 2 N–H and O–H groups in total. The van der Waals surface area contributed by atoms with Crippen LogP contribution in [0.5, 0.6) is 5.75 Å². The van der Waals surface area contributed by atoms with E-state index in [1.165, 1.54) is 51.0 Å². The maximum absolute atomic E-state index is 12.3. The molecular weight excluding hydrogens is 348 g/mol. The van der Waals surface area contributed by atoms with E-state index in [2.05, 4.69) is 17.5 Å². The first-order valence-corrected chi connectivity index (χ1v) is 10.4. The van der Waals surface area contributed by atoms with Crippen LogP contribution in [0.15, 0.2) is 59.7 Å². The molecule has 0 aliphatic heterocycles. The first-order valence-electron chi connectivity index (χ1n) is 10.4. The highest BCUT2D eigenvalue weighted by Crippen LogP contribution is 2.16. The third kappa shape index (κ3) is 7.55. The first-order chi connectivity index (χ1) is 13.7. The van der Waals surface area contributed by atoms with E-state index < -0.39 is 5.91 Å². The molecule has 0 heterocycles. The molecule has 2 aromatic carbocycles. The number of benzene rings is 2. The van der Waals surface area contributed by atoms with Crippen LogP contribution in [-0.4, -0.2) is 16.7 Å². The number of rotatable bonds is 12. The highest BCUT2D eigenvalue weighted by molar-refractivity contribution is 6.02. The van der Waals surface area contributed by atoms with Crippen molar-refractivity contribution >= 4 is 11.6 Å². The SMILES string of the molecule is CCCCCCCCCCC(=NNC(=O)c1ccccc1O)c1ccccc1. The predicted molar refractivity (Wildman–Crippen MR) is 116 cm³/mol. The van der Waals surface area contributed by atoms with Crippen molar-refractivity contribution in [2.45, 2.75) is 64.7 Å². The maximum atomic E-state index is 12.3. The van der Waals surface area contributed by atoms with Gasteiger partial charge in [0.1, 0.15) is 5.75 Å². The van der Waals surface area contributed by atoms with Gasteiger partial charge in [0.05, 0.1) is 11.3 Å². The van der Waals surface area contributed by atoms with Crippen LogP contribution in [0.25, 0.3) is 0 Å². The van der Waals surface area contributed by atoms with Gasteiger partial charge in [-0.25, -0.2) is 5.43 Å². The standard InChI is InChI=1S/C24H32N2O2/c1-2-3-4-5-6-7-8-12-18-22(20-15-10-9-11-16-20)25-26-24(28)21-17-13-14-19-23(21)27/h9-11,13-17,19,27H,2-8,12,18H2,1H3,(H,26,28). The molecule has 4 nitrogen and oxygen atoms in total. The van der Waals surface area contributed by atoms with Gasteiger partial charge in [-0.2, -0.15) is 5.10 Å². The Hall–Kier alpha value is -2.62. The molecule has 28 heavy (non-hydrogen) atoms. The van der Waals surface area contributed by atoms with Crippen LogP contribution in [-0.2, 0) is 0 Å². The van der Waals surface area contributed by atoms with Crippen LogP contribution >= 0.6 is 0 Å². The molecule has 0 aliphatic rings. The molecule has 0 saturated carbocycles. The Bertz CT molecular complexity index is 741. The summed E-state index contributed by atoms with van der Waals surface area (Å²) in [6, 6.07) is 16.4. The summed E-state index contributed by atoms with van der Waals surface area (Å²) in [6.45, 7) is 2.24. The van der Waals surface area contributed by atoms with Gasteiger partial charge >= 0.3 is 0 Å². The Balaban J connectivity index is 1.90. The van der Waals surface area contributed by atoms with Crippen LogP contribution in [0.1, 0.15) is 80.6 Å². The van der Waals surface area contributed by atoms with E-state index in [4.69, 9.17) is 0 Å². The minimum Gasteiger partial charge on any atom is -0.507 e. The second kappa shape index (κ2) is 12.7. The average molecular weight is 381 g/mol. The van der Waals surface area contributed by atoms with Gasteiger partial charge in [-0.1, -0.05) is 94.3 Å². The van der Waals surface area contributed by atoms with E-state index in [-0.39, 0.29) is 11.3 Å². The van der Waals surface area contributed by atoms with E-state index in [0.717, 1.165) is 24.1 Å². The second-order valence-corrected chi connectivity index (χ2v) is 7.11. The lowest BCUT2D eigenvalue weighted by Crippen LogP contribution is -2.20. The number of aromatic hydroxyl groups is 1. The molecule has 0 unspecified atom stereocenters. The molecule has 0 bridgehead atoms. The maximum Gasteiger partial charge on any atom is 0.275 e. The Labute approximate surface area is 168 Å². The van der Waals surface area contributed by atoms with Crippen LogP contribution < -0.4 is 5.43 Å². The number of para-hydroxylation sites is 1. The topological polar surface area (TPSA) is 61.7 Å². The Kier molecular flexibility index (Phi) is 9.84. The highest BCUT2D eigenvalue weighted by Gasteiger charge is 2.10. The minimum absolute atomic E-state index is 0.0421. The number of nitrogens with one attached hydrogen (secondary N) is 1. The zero-order valence-corrected chi connectivity index (χ0v) is 16.9. The summed E-state index contributed by atoms with van der Waals surface area (Å²) in [7, 11) is 0. The third-order valence-electron chi connectivity index (χ3n) is 4.82. The van der Waals surface area contributed by atoms with E-state index >= 15 is 0 Å². The number of hydrogen-bond donors (Lipinski definition) is 2. The number of phenolic OH excluding ortho intramolecular Hbond substituents is 1. The first kappa shape index (κ1) is 21.7. The van der Waals surface area contributed by atoms with Crippen LogP contribution in [0.3, 0.4) is 0 Å². The normalized spacial score (nSPS) is 11.4. The molecule has 4 heteroatoms. The molecule has 0 atom stereocenters. The Morgan fingerprint density at radius 2 is 1.46 bits per heavy atom. The third-order valence-corrected chi connectivity index (χ3v) is 4.82. The molecule has 1 amide bonds. The van der Waals surface area contributed by atoms with Gasteiger partial charge in [0.2, 0.25) is 0 Å². The largest absolute Gasteiger partial charge is 0.507 e. The molecule has 0 spiro atoms. The van der Waals surface area contributed by atoms with Crippen molar-refractivity contribution < 1.29 is 9.90 Å². The van der Waals surface area contributed by atoms with E-state index in [9.17, 15) is 9.90 Å². The van der Waals surface area contributed by atoms with Crippen LogP contribution in [0, 0.1) is 0 Å². The molecule has 2 aromatic rings. The zero-order chi connectivity index (χ0) is 20.0. The number of carbonyl (C=O) groups excluding carboxylic acids is 1. The van der Waals surface area contributed by atoms with Crippen molar-refractivity contribution in [3.8, 4) is 5.75 Å². The lowest BCUT2D eigenvalue weighted by Gasteiger charge is -2.08. The van der Waals surface area contributed by atoms with Crippen LogP contribution in [0.4, 0.5) is 0 Å². The molecule has 0 aliphatic carbocycles. The number of unbranched alkanes of at least 4 members (excludes halogenated alkanes) is 7. The van der Waals surface area contributed by atoms with Gasteiger partial charge in [0.25, 0.3) is 5.91 Å². The van der Waals surface area contributed by atoms with Crippen molar-refractivity contribution in [1.29, 1.82) is 0 Å². The molecule has 0 aromatic heterocycles. The second-order valence-electron chi connectivity index (χ2n) is 7.11. The Morgan fingerprint density at radius 1 is 0.857 bits per heavy atom. The summed E-state index contributed by atoms with van der Waals surface area (Å²) in [5.41, 5.74) is 4.72. The molecular formula is C24H32N2O2. The highest BCUT2D eigenvalue weighted by atomic mass is 16.3. The number of hydrogen-bond acceptors (Lipinski definition) is 3. The average Bonchev–Trinajstić information content (AvgIpc) is 2.73. The fourth-order valence-corrected chi connectivity index (χ4v) is 3.17. The summed E-state index contributed by atoms with van der Waals surface area (Å²) in [5.74, 6) is -0.443. The molecule has 150 valence electrons. The predicted octanol–water partition coefficient (Wildman–Crippen LogP) is 6.06. The smallest absolute Gasteiger partial charge is 0.275 e. The Morgan fingerprint density at radius 3 is 2.14 bits per heavy atom. The van der Waals surface area contributed by atoms with E-state index in [1.54, 1.807) is 18.2 Å². The molecule has 2 rings (SSSR count). The number of phenols is 1. The van der Waals surface area contributed by atoms with Crippen molar-refractivity contribution in [2.75, 3.05) is 0 Å². The number of hydrazone groups is 1. The summed E-state index contributed by atoms with van der Waals surface area (Å²) >= 11 is 0. The lowest BCUT2D eigenvalue weighted by atomic mass is 10.0. The van der Waals surface area contributed by atoms with Gasteiger partial charge in [-0.3, -0.25) is 4.79 Å². The number of nitrogens with zero attached hydrogens (tertiary/aromatic N) is 1. The number of amides is 1. The van der Waals surface area contributed by atoms with Crippen molar-refractivity contribution in [3.05, 3.63) is 65.7 Å². The summed E-state index contributed by atoms with van der Waals surface area (Å²) in [4.78, 5) is 12.3. The molecule has 0 saturated heterocycles. The van der Waals surface area contributed by atoms with Crippen LogP contribution in [0.2, 0.25) is 0 Å². The summed E-state index contributed by atoms with van der Waals surface area (Å²) in [5, 5.41) is 14.2. The summed E-state index contributed by atoms with van der Waals surface area (Å²) in [6.07, 6.45) is 10.9. The minimum atomic E-state index is -0.401. The fourth-order valence-electron chi connectivity index (χ4n) is 3.17. The van der Waals surface area contributed by atoms with Crippen molar-refractivity contribution in [2.24, 2.45) is 5.10 Å². The van der Waals surface area contributed by atoms with Gasteiger partial charge in [0, 0.05) is 0 Å². The van der Waals surface area contributed by atoms with E-state index in [0.29, 0.717) is 0 Å². The van der Waals surface area contributed by atoms with Gasteiger partial charge in [0.15, 0.2) is 0 Å². The lowest BCUT2D eigenvalue weighted by molar-refractivity contribution is 0.0952. The van der Waals surface area contributed by atoms with Crippen molar-refractivity contribution in [3.63, 3.8) is 0 Å². The quantitative estimate of drug-likeness (QED) is 0.267. The van der Waals surface area contributed by atoms with Gasteiger partial charge in [-0.15, -0.1) is 0 Å². The molecule has 0 radical (unpaired) electrons. The van der Waals surface area contributed by atoms with Gasteiger partial charge in [-0.05, 0) is 30.5 Å². The number of carbonyl (C=O) groups is 1. The molecule has 0 fully saturated rings.